The van der Waals surface area contributed by atoms with Crippen molar-refractivity contribution < 1.29 is 14.6 Å². The van der Waals surface area contributed by atoms with Gasteiger partial charge in [0, 0.05) is 19.0 Å². The van der Waals surface area contributed by atoms with Gasteiger partial charge >= 0.3 is 5.97 Å². The van der Waals surface area contributed by atoms with Crippen molar-refractivity contribution in [3.8, 4) is 0 Å². The summed E-state index contributed by atoms with van der Waals surface area (Å²) in [7, 11) is 2.06. The zero-order chi connectivity index (χ0) is 17.0. The number of carbonyl (C=O) groups excluding carboxylic acids is 1. The number of hydrogen-bond donors (Lipinski definition) is 1. The zero-order valence-corrected chi connectivity index (χ0v) is 14.4. The van der Waals surface area contributed by atoms with Gasteiger partial charge < -0.3 is 14.7 Å². The summed E-state index contributed by atoms with van der Waals surface area (Å²) in [5, 5.41) is 11.3. The Morgan fingerprint density at radius 1 is 1.29 bits per heavy atom. The molecule has 1 fully saturated rings. The summed E-state index contributed by atoms with van der Waals surface area (Å²) in [5.41, 5.74) is 0.231. The molecule has 3 rings (SSSR count). The third-order valence-corrected chi connectivity index (χ3v) is 5.28. The topological polar surface area (TPSA) is 49.8 Å². The Hall–Kier alpha value is -1.65. The maximum absolute atomic E-state index is 12.9. The first-order chi connectivity index (χ1) is 11.6. The number of esters is 1. The molecule has 1 aliphatic heterocycles. The van der Waals surface area contributed by atoms with Crippen LogP contribution in [0.15, 0.2) is 42.0 Å². The lowest BCUT2D eigenvalue weighted by molar-refractivity contribution is -0.172. The van der Waals surface area contributed by atoms with E-state index in [1.54, 1.807) is 0 Å². The quantitative estimate of drug-likeness (QED) is 0.667. The molecule has 1 aromatic rings. The lowest BCUT2D eigenvalue weighted by Crippen LogP contribution is -2.44. The molecule has 4 nitrogen and oxygen atoms in total. The van der Waals surface area contributed by atoms with Crippen LogP contribution in [-0.4, -0.2) is 42.7 Å². The Bertz CT molecular complexity index is 592. The molecule has 1 atom stereocenters. The van der Waals surface area contributed by atoms with E-state index < -0.39 is 11.6 Å². The van der Waals surface area contributed by atoms with Crippen LogP contribution in [0.2, 0.25) is 0 Å². The second kappa shape index (κ2) is 7.49. The molecule has 1 N–H and O–H groups in total. The normalized spacial score (nSPS) is 22.0. The Labute approximate surface area is 144 Å². The van der Waals surface area contributed by atoms with Crippen molar-refractivity contribution in [2.45, 2.75) is 37.7 Å². The Morgan fingerprint density at radius 3 is 2.67 bits per heavy atom. The van der Waals surface area contributed by atoms with Crippen molar-refractivity contribution in [2.75, 3.05) is 26.7 Å². The fourth-order valence-corrected chi connectivity index (χ4v) is 3.91. The highest BCUT2D eigenvalue weighted by Gasteiger charge is 2.47. The molecular formula is C20H27NO3. The molecule has 1 heterocycles. The van der Waals surface area contributed by atoms with Gasteiger partial charge in [-0.05, 0) is 37.4 Å². The SMILES string of the molecule is CN1CCC=C(COC(=O)[C@](O)(c2ccccc2)C2CCCC2)C1. The Kier molecular flexibility index (Phi) is 5.36. The second-order valence-corrected chi connectivity index (χ2v) is 7.08. The van der Waals surface area contributed by atoms with E-state index in [2.05, 4.69) is 18.0 Å². The molecule has 1 aliphatic carbocycles. The van der Waals surface area contributed by atoms with Crippen molar-refractivity contribution >= 4 is 5.97 Å². The van der Waals surface area contributed by atoms with Crippen molar-refractivity contribution in [1.29, 1.82) is 0 Å². The first kappa shape index (κ1) is 17.2. The van der Waals surface area contributed by atoms with E-state index in [0.29, 0.717) is 5.56 Å². The first-order valence-electron chi connectivity index (χ1n) is 8.92. The maximum Gasteiger partial charge on any atom is 0.343 e. The molecule has 24 heavy (non-hydrogen) atoms. The highest BCUT2D eigenvalue weighted by Crippen LogP contribution is 2.41. The minimum Gasteiger partial charge on any atom is -0.459 e. The van der Waals surface area contributed by atoms with Crippen LogP contribution in [0.25, 0.3) is 0 Å². The van der Waals surface area contributed by atoms with Gasteiger partial charge in [-0.2, -0.15) is 0 Å². The molecule has 0 amide bonds. The predicted octanol–water partition coefficient (Wildman–Crippen LogP) is 2.87. The van der Waals surface area contributed by atoms with Crippen LogP contribution in [-0.2, 0) is 15.1 Å². The van der Waals surface area contributed by atoms with Gasteiger partial charge in [-0.3, -0.25) is 0 Å². The van der Waals surface area contributed by atoms with Crippen LogP contribution in [0.5, 0.6) is 0 Å². The summed E-state index contributed by atoms with van der Waals surface area (Å²) >= 11 is 0. The van der Waals surface area contributed by atoms with Gasteiger partial charge in [-0.1, -0.05) is 49.2 Å². The smallest absolute Gasteiger partial charge is 0.343 e. The van der Waals surface area contributed by atoms with E-state index in [9.17, 15) is 9.90 Å². The fraction of sp³-hybridized carbons (Fsp3) is 0.550. The lowest BCUT2D eigenvalue weighted by Gasteiger charge is -2.32. The average molecular weight is 329 g/mol. The minimum absolute atomic E-state index is 0.0598. The highest BCUT2D eigenvalue weighted by atomic mass is 16.5. The van der Waals surface area contributed by atoms with E-state index in [1.165, 1.54) is 0 Å². The van der Waals surface area contributed by atoms with E-state index in [4.69, 9.17) is 4.74 Å². The molecule has 130 valence electrons. The van der Waals surface area contributed by atoms with E-state index in [-0.39, 0.29) is 12.5 Å². The molecule has 1 aromatic carbocycles. The van der Waals surface area contributed by atoms with E-state index >= 15 is 0 Å². The fourth-order valence-electron chi connectivity index (χ4n) is 3.91. The third kappa shape index (κ3) is 3.55. The van der Waals surface area contributed by atoms with Gasteiger partial charge in [0.15, 0.2) is 5.60 Å². The van der Waals surface area contributed by atoms with Crippen LogP contribution >= 0.6 is 0 Å². The second-order valence-electron chi connectivity index (χ2n) is 7.08. The summed E-state index contributed by atoms with van der Waals surface area (Å²) in [6, 6.07) is 9.27. The summed E-state index contributed by atoms with van der Waals surface area (Å²) in [6.07, 6.45) is 6.98. The molecule has 1 saturated carbocycles. The highest BCUT2D eigenvalue weighted by molar-refractivity contribution is 5.81. The Morgan fingerprint density at radius 2 is 2.00 bits per heavy atom. The number of benzene rings is 1. The van der Waals surface area contributed by atoms with Crippen LogP contribution < -0.4 is 0 Å². The minimum atomic E-state index is -1.53. The summed E-state index contributed by atoms with van der Waals surface area (Å²) in [6.45, 7) is 2.12. The number of aliphatic hydroxyl groups is 1. The molecular weight excluding hydrogens is 302 g/mol. The maximum atomic E-state index is 12.9. The molecule has 2 aliphatic rings. The largest absolute Gasteiger partial charge is 0.459 e. The van der Waals surface area contributed by atoms with Crippen LogP contribution in [0, 0.1) is 5.92 Å². The predicted molar refractivity (Wildman–Crippen MR) is 93.5 cm³/mol. The molecule has 0 radical (unpaired) electrons. The average Bonchev–Trinajstić information content (AvgIpc) is 3.15. The standard InChI is InChI=1S/C20H27NO3/c1-21-13-7-8-16(14-21)15-24-19(22)20(23,18-11-5-6-12-18)17-9-3-2-4-10-17/h2-4,8-10,18,23H,5-7,11-15H2,1H3/t20-/m0/s1. The van der Waals surface area contributed by atoms with Crippen molar-refractivity contribution in [2.24, 2.45) is 5.92 Å². The van der Waals surface area contributed by atoms with Crippen molar-refractivity contribution in [1.82, 2.24) is 4.90 Å². The van der Waals surface area contributed by atoms with Gasteiger partial charge in [-0.25, -0.2) is 4.79 Å². The van der Waals surface area contributed by atoms with Crippen LogP contribution in [0.1, 0.15) is 37.7 Å². The number of rotatable bonds is 5. The molecule has 0 spiro atoms. The molecule has 0 saturated heterocycles. The van der Waals surface area contributed by atoms with Crippen molar-refractivity contribution in [3.63, 3.8) is 0 Å². The number of hydrogen-bond acceptors (Lipinski definition) is 4. The molecule has 0 aromatic heterocycles. The van der Waals surface area contributed by atoms with E-state index in [0.717, 1.165) is 50.8 Å². The van der Waals surface area contributed by atoms with Gasteiger partial charge in [-0.15, -0.1) is 0 Å². The van der Waals surface area contributed by atoms with Gasteiger partial charge in [0.05, 0.1) is 0 Å². The van der Waals surface area contributed by atoms with Gasteiger partial charge in [0.25, 0.3) is 0 Å². The van der Waals surface area contributed by atoms with Gasteiger partial charge in [0.1, 0.15) is 6.61 Å². The van der Waals surface area contributed by atoms with E-state index in [1.807, 2.05) is 30.3 Å². The number of carbonyl (C=O) groups is 1. The third-order valence-electron chi connectivity index (χ3n) is 5.28. The monoisotopic (exact) mass is 329 g/mol. The molecule has 0 bridgehead atoms. The molecule has 0 unspecified atom stereocenters. The van der Waals surface area contributed by atoms with Crippen LogP contribution in [0.3, 0.4) is 0 Å². The zero-order valence-electron chi connectivity index (χ0n) is 14.4. The first-order valence-corrected chi connectivity index (χ1v) is 8.92. The number of nitrogens with zero attached hydrogens (tertiary/aromatic N) is 1. The number of ether oxygens (including phenoxy) is 1. The Balaban J connectivity index is 1.75. The van der Waals surface area contributed by atoms with Gasteiger partial charge in [0.2, 0.25) is 0 Å². The van der Waals surface area contributed by atoms with Crippen LogP contribution in [0.4, 0.5) is 0 Å². The lowest BCUT2D eigenvalue weighted by atomic mass is 9.80. The molecule has 4 heteroatoms. The number of likely N-dealkylation sites (N-methyl/N-ethyl adjacent to an activating group) is 1. The summed E-state index contributed by atoms with van der Waals surface area (Å²) in [4.78, 5) is 15.1. The summed E-state index contributed by atoms with van der Waals surface area (Å²) < 4.78 is 5.58. The summed E-state index contributed by atoms with van der Waals surface area (Å²) in [5.74, 6) is -0.565. The van der Waals surface area contributed by atoms with Crippen molar-refractivity contribution in [3.05, 3.63) is 47.5 Å².